The third-order valence-electron chi connectivity index (χ3n) is 4.10. The minimum absolute atomic E-state index is 0.112. The topological polar surface area (TPSA) is 67.3 Å². The zero-order chi connectivity index (χ0) is 16.3. The van der Waals surface area contributed by atoms with Gasteiger partial charge in [0.1, 0.15) is 5.76 Å². The lowest BCUT2D eigenvalue weighted by Crippen LogP contribution is -2.32. The van der Waals surface area contributed by atoms with Gasteiger partial charge in [0.2, 0.25) is 0 Å². The van der Waals surface area contributed by atoms with Crippen molar-refractivity contribution in [2.75, 3.05) is 0 Å². The summed E-state index contributed by atoms with van der Waals surface area (Å²) in [7, 11) is 0. The van der Waals surface area contributed by atoms with Gasteiger partial charge in [0, 0.05) is 15.8 Å². The Balaban J connectivity index is 2.72. The molecule has 0 spiro atoms. The molecular weight excluding hydrogens is 314 g/mol. The van der Waals surface area contributed by atoms with Crippen LogP contribution in [0, 0.1) is 10.4 Å². The molecule has 4 nitrogen and oxygen atoms in total. The molecule has 0 aromatic heterocycles. The van der Waals surface area contributed by atoms with Crippen LogP contribution in [-0.4, -0.2) is 10.1 Å². The molecule has 1 heterocycles. The molecule has 0 fully saturated rings. The standard InChI is InChI=1S/C18H10ClNO3/c1-8(21)13-14-9-4-2-3-5-10(9)17(22)15-11(19)6-7-12(16(14)15)20-18(13)23/h2-7,21H,1H3/b13-8-. The quantitative estimate of drug-likeness (QED) is 0.539. The zero-order valence-corrected chi connectivity index (χ0v) is 12.8. The first-order chi connectivity index (χ1) is 11.0. The summed E-state index contributed by atoms with van der Waals surface area (Å²) in [4.78, 5) is 29.2. The number of aliphatic hydroxyl groups excluding tert-OH is 1. The third-order valence-corrected chi connectivity index (χ3v) is 4.41. The van der Waals surface area contributed by atoms with Crippen LogP contribution in [0.1, 0.15) is 6.92 Å². The number of rotatable bonds is 0. The van der Waals surface area contributed by atoms with E-state index in [-0.39, 0.29) is 16.4 Å². The Kier molecular flexibility index (Phi) is 2.80. The lowest BCUT2D eigenvalue weighted by atomic mass is 9.98. The van der Waals surface area contributed by atoms with Gasteiger partial charge in [0.15, 0.2) is 5.43 Å². The van der Waals surface area contributed by atoms with Crippen molar-refractivity contribution >= 4 is 39.0 Å². The van der Waals surface area contributed by atoms with E-state index in [2.05, 4.69) is 4.98 Å². The Bertz CT molecular complexity index is 1330. The van der Waals surface area contributed by atoms with Crippen LogP contribution in [0.25, 0.3) is 27.4 Å². The van der Waals surface area contributed by atoms with Crippen molar-refractivity contribution in [2.24, 2.45) is 0 Å². The van der Waals surface area contributed by atoms with Gasteiger partial charge in [0.05, 0.1) is 21.1 Å². The molecule has 0 atom stereocenters. The van der Waals surface area contributed by atoms with Gasteiger partial charge in [0.25, 0.3) is 5.56 Å². The Hall–Kier alpha value is -2.72. The van der Waals surface area contributed by atoms with E-state index in [0.717, 1.165) is 0 Å². The van der Waals surface area contributed by atoms with Gasteiger partial charge in [-0.15, -0.1) is 0 Å². The van der Waals surface area contributed by atoms with E-state index in [9.17, 15) is 14.7 Å². The second-order valence-electron chi connectivity index (χ2n) is 5.44. The Labute approximate surface area is 134 Å². The summed E-state index contributed by atoms with van der Waals surface area (Å²) in [6.45, 7) is 1.43. The molecule has 112 valence electrons. The molecule has 0 saturated carbocycles. The maximum absolute atomic E-state index is 12.8. The fourth-order valence-corrected chi connectivity index (χ4v) is 3.41. The number of aromatic nitrogens is 1. The highest BCUT2D eigenvalue weighted by atomic mass is 35.5. The average molecular weight is 324 g/mol. The molecule has 23 heavy (non-hydrogen) atoms. The molecule has 2 aromatic carbocycles. The molecule has 0 bridgehead atoms. The van der Waals surface area contributed by atoms with Crippen LogP contribution in [0.3, 0.4) is 0 Å². The van der Waals surface area contributed by atoms with Crippen LogP contribution in [-0.2, 0) is 0 Å². The van der Waals surface area contributed by atoms with Gasteiger partial charge in [-0.3, -0.25) is 9.59 Å². The molecule has 1 aliphatic heterocycles. The van der Waals surface area contributed by atoms with Crippen molar-refractivity contribution in [3.8, 4) is 0 Å². The maximum atomic E-state index is 12.8. The summed E-state index contributed by atoms with van der Waals surface area (Å²) in [6.07, 6.45) is 0. The highest BCUT2D eigenvalue weighted by Gasteiger charge is 2.15. The van der Waals surface area contributed by atoms with E-state index >= 15 is 0 Å². The molecular formula is C18H10ClNO3. The molecule has 4 rings (SSSR count). The number of nitrogens with zero attached hydrogens (tertiary/aromatic N) is 1. The smallest absolute Gasteiger partial charge is 0.281 e. The molecule has 2 aliphatic rings. The Morgan fingerprint density at radius 3 is 2.43 bits per heavy atom. The summed E-state index contributed by atoms with van der Waals surface area (Å²) in [5.41, 5.74) is -0.326. The highest BCUT2D eigenvalue weighted by molar-refractivity contribution is 6.34. The van der Waals surface area contributed by atoms with Gasteiger partial charge in [-0.2, -0.15) is 0 Å². The minimum atomic E-state index is -0.523. The summed E-state index contributed by atoms with van der Waals surface area (Å²) in [6, 6.07) is 10.2. The van der Waals surface area contributed by atoms with E-state index in [4.69, 9.17) is 11.6 Å². The van der Waals surface area contributed by atoms with Crippen molar-refractivity contribution in [2.45, 2.75) is 6.92 Å². The first-order valence-corrected chi connectivity index (χ1v) is 7.38. The summed E-state index contributed by atoms with van der Waals surface area (Å²) < 4.78 is 0. The van der Waals surface area contributed by atoms with Gasteiger partial charge >= 0.3 is 0 Å². The number of halogens is 1. The largest absolute Gasteiger partial charge is 0.512 e. The Morgan fingerprint density at radius 1 is 1.04 bits per heavy atom. The van der Waals surface area contributed by atoms with Gasteiger partial charge in [-0.1, -0.05) is 35.9 Å². The number of aliphatic hydroxyl groups is 1. The van der Waals surface area contributed by atoms with Crippen molar-refractivity contribution in [3.05, 3.63) is 77.7 Å². The summed E-state index contributed by atoms with van der Waals surface area (Å²) >= 11 is 6.25. The normalized spacial score (nSPS) is 13.1. The minimum Gasteiger partial charge on any atom is -0.512 e. The van der Waals surface area contributed by atoms with Crippen LogP contribution in [0.15, 0.2) is 46.0 Å². The average Bonchev–Trinajstić information content (AvgIpc) is 2.52. The number of hydrogen-bond donors (Lipinski definition) is 1. The van der Waals surface area contributed by atoms with E-state index in [1.165, 1.54) is 6.92 Å². The lowest BCUT2D eigenvalue weighted by molar-refractivity contribution is 0.498. The lowest BCUT2D eigenvalue weighted by Gasteiger charge is -2.07. The second-order valence-corrected chi connectivity index (χ2v) is 5.85. The second kappa shape index (κ2) is 4.64. The molecule has 1 aliphatic carbocycles. The molecule has 0 radical (unpaired) electrons. The molecule has 0 amide bonds. The monoisotopic (exact) mass is 323 g/mol. The van der Waals surface area contributed by atoms with Crippen LogP contribution in [0.5, 0.6) is 0 Å². The third kappa shape index (κ3) is 1.75. The zero-order valence-electron chi connectivity index (χ0n) is 12.1. The number of fused-ring (bicyclic) bond motifs is 2. The fourth-order valence-electron chi connectivity index (χ4n) is 3.17. The SMILES string of the molecule is C/C(O)=c1/c(=O)nc2ccc(Cl)c3c2=c1c1ccccc1c3=O. The molecule has 2 aromatic rings. The number of hydrogen-bond acceptors (Lipinski definition) is 4. The maximum Gasteiger partial charge on any atom is 0.281 e. The van der Waals surface area contributed by atoms with E-state index in [1.54, 1.807) is 36.4 Å². The van der Waals surface area contributed by atoms with Gasteiger partial charge in [-0.25, -0.2) is 4.98 Å². The van der Waals surface area contributed by atoms with Crippen LogP contribution in [0.4, 0.5) is 0 Å². The van der Waals surface area contributed by atoms with Crippen LogP contribution >= 0.6 is 11.6 Å². The molecule has 1 N–H and O–H groups in total. The van der Waals surface area contributed by atoms with E-state index in [0.29, 0.717) is 37.1 Å². The predicted octanol–water partition coefficient (Wildman–Crippen LogP) is 2.33. The Morgan fingerprint density at radius 2 is 1.74 bits per heavy atom. The first kappa shape index (κ1) is 13.9. The molecule has 0 saturated heterocycles. The van der Waals surface area contributed by atoms with E-state index < -0.39 is 5.56 Å². The first-order valence-electron chi connectivity index (χ1n) is 7.01. The van der Waals surface area contributed by atoms with Crippen molar-refractivity contribution < 1.29 is 5.11 Å². The predicted molar refractivity (Wildman–Crippen MR) is 90.2 cm³/mol. The van der Waals surface area contributed by atoms with Crippen molar-refractivity contribution in [3.63, 3.8) is 0 Å². The molecule has 5 heteroatoms. The van der Waals surface area contributed by atoms with Gasteiger partial charge in [-0.05, 0) is 24.4 Å². The van der Waals surface area contributed by atoms with E-state index in [1.807, 2.05) is 0 Å². The summed E-state index contributed by atoms with van der Waals surface area (Å²) in [5, 5.41) is 12.9. The summed E-state index contributed by atoms with van der Waals surface area (Å²) in [5.74, 6) is -0.130. The van der Waals surface area contributed by atoms with Crippen LogP contribution in [0.2, 0.25) is 5.02 Å². The van der Waals surface area contributed by atoms with Crippen LogP contribution < -0.4 is 16.2 Å². The number of benzene rings is 2. The highest BCUT2D eigenvalue weighted by Crippen LogP contribution is 2.23. The van der Waals surface area contributed by atoms with Gasteiger partial charge < -0.3 is 5.11 Å². The fraction of sp³-hybridized carbons (Fsp3) is 0.0556. The van der Waals surface area contributed by atoms with Crippen molar-refractivity contribution in [1.29, 1.82) is 0 Å². The van der Waals surface area contributed by atoms with Crippen molar-refractivity contribution in [1.82, 2.24) is 4.98 Å². The molecule has 0 unspecified atom stereocenters.